The first-order valence-electron chi connectivity index (χ1n) is 7.58. The van der Waals surface area contributed by atoms with Gasteiger partial charge in [-0.05, 0) is 18.2 Å². The van der Waals surface area contributed by atoms with Gasteiger partial charge in [0.05, 0.1) is 18.1 Å². The fourth-order valence-corrected chi connectivity index (χ4v) is 2.15. The molecule has 0 unspecified atom stereocenters. The summed E-state index contributed by atoms with van der Waals surface area (Å²) in [4.78, 5) is 19.9. The Bertz CT molecular complexity index is 932. The van der Waals surface area contributed by atoms with Gasteiger partial charge in [-0.1, -0.05) is 18.2 Å². The van der Waals surface area contributed by atoms with Gasteiger partial charge in [-0.2, -0.15) is 0 Å². The molecule has 0 atom stereocenters. The molecule has 3 aromatic rings. The Kier molecular flexibility index (Phi) is 5.12. The Morgan fingerprint density at radius 3 is 2.46 bits per heavy atom. The average Bonchev–Trinajstić information content (AvgIpc) is 2.64. The number of anilines is 2. The Balaban J connectivity index is 1.63. The average molecular weight is 358 g/mol. The second-order valence-electron chi connectivity index (χ2n) is 5.31. The van der Waals surface area contributed by atoms with Gasteiger partial charge in [0, 0.05) is 18.2 Å². The topological polar surface area (TPSA) is 66.9 Å². The number of halogens is 3. The molecule has 0 radical (unpaired) electrons. The Morgan fingerprint density at radius 2 is 1.77 bits per heavy atom. The first-order chi connectivity index (χ1) is 12.5. The fraction of sp³-hybridized carbons (Fsp3) is 0.0556. The maximum absolute atomic E-state index is 13.6. The van der Waals surface area contributed by atoms with Crippen LogP contribution in [-0.2, 0) is 6.54 Å². The van der Waals surface area contributed by atoms with Crippen molar-refractivity contribution in [1.29, 1.82) is 0 Å². The van der Waals surface area contributed by atoms with E-state index in [-0.39, 0.29) is 23.7 Å². The molecule has 0 aliphatic heterocycles. The molecule has 2 N–H and O–H groups in total. The number of hydrogen-bond donors (Lipinski definition) is 2. The minimum atomic E-state index is -0.779. The van der Waals surface area contributed by atoms with E-state index < -0.39 is 23.4 Å². The van der Waals surface area contributed by atoms with Crippen LogP contribution in [0.15, 0.2) is 54.9 Å². The van der Waals surface area contributed by atoms with E-state index in [1.54, 1.807) is 18.2 Å². The van der Waals surface area contributed by atoms with Gasteiger partial charge >= 0.3 is 0 Å². The van der Waals surface area contributed by atoms with Crippen molar-refractivity contribution < 1.29 is 18.0 Å². The maximum atomic E-state index is 13.6. The lowest BCUT2D eigenvalue weighted by Crippen LogP contribution is -2.24. The number of rotatable bonds is 5. The molecule has 1 amide bonds. The van der Waals surface area contributed by atoms with Gasteiger partial charge in [0.1, 0.15) is 29.0 Å². The molecule has 2 aromatic carbocycles. The lowest BCUT2D eigenvalue weighted by atomic mass is 10.2. The van der Waals surface area contributed by atoms with Gasteiger partial charge in [0.25, 0.3) is 5.91 Å². The van der Waals surface area contributed by atoms with Crippen LogP contribution in [0.5, 0.6) is 0 Å². The first kappa shape index (κ1) is 17.4. The van der Waals surface area contributed by atoms with Crippen LogP contribution in [0.25, 0.3) is 0 Å². The molecule has 0 aliphatic carbocycles. The Labute approximate surface area is 146 Å². The summed E-state index contributed by atoms with van der Waals surface area (Å²) in [5, 5.41) is 5.17. The molecule has 8 heteroatoms. The fourth-order valence-electron chi connectivity index (χ4n) is 2.15. The van der Waals surface area contributed by atoms with Crippen molar-refractivity contribution in [2.75, 3.05) is 5.32 Å². The van der Waals surface area contributed by atoms with Crippen LogP contribution >= 0.6 is 0 Å². The molecule has 0 saturated heterocycles. The normalized spacial score (nSPS) is 10.4. The summed E-state index contributed by atoms with van der Waals surface area (Å²) in [6, 6.07) is 9.15. The van der Waals surface area contributed by atoms with E-state index in [0.717, 1.165) is 12.1 Å². The molecule has 0 saturated carbocycles. The molecule has 0 bridgehead atoms. The molecule has 26 heavy (non-hydrogen) atoms. The highest BCUT2D eigenvalue weighted by molar-refractivity contribution is 5.92. The van der Waals surface area contributed by atoms with Crippen molar-refractivity contribution in [2.45, 2.75) is 6.54 Å². The molecule has 0 spiro atoms. The number of aromatic nitrogens is 2. The summed E-state index contributed by atoms with van der Waals surface area (Å²) in [5.41, 5.74) is 0.391. The van der Waals surface area contributed by atoms with Gasteiger partial charge in [-0.15, -0.1) is 0 Å². The minimum absolute atomic E-state index is 0.00792. The van der Waals surface area contributed by atoms with Crippen molar-refractivity contribution >= 4 is 17.4 Å². The standard InChI is InChI=1S/C18H13F3N4O/c19-12-5-6-15(14(21)7-12)25-17-10-22-16(9-23-17)18(26)24-8-11-3-1-2-4-13(11)20/h1-7,9-10H,8H2,(H,23,25)(H,24,26). The lowest BCUT2D eigenvalue weighted by Gasteiger charge is -2.08. The summed E-state index contributed by atoms with van der Waals surface area (Å²) < 4.78 is 40.0. The lowest BCUT2D eigenvalue weighted by molar-refractivity contribution is 0.0945. The second-order valence-corrected chi connectivity index (χ2v) is 5.31. The Hall–Kier alpha value is -3.42. The molecule has 132 valence electrons. The van der Waals surface area contributed by atoms with E-state index in [4.69, 9.17) is 0 Å². The van der Waals surface area contributed by atoms with E-state index in [9.17, 15) is 18.0 Å². The highest BCUT2D eigenvalue weighted by Crippen LogP contribution is 2.18. The predicted molar refractivity (Wildman–Crippen MR) is 89.2 cm³/mol. The molecule has 3 rings (SSSR count). The molecular weight excluding hydrogens is 345 g/mol. The molecule has 1 aromatic heterocycles. The van der Waals surface area contributed by atoms with Crippen LogP contribution in [-0.4, -0.2) is 15.9 Å². The smallest absolute Gasteiger partial charge is 0.271 e. The van der Waals surface area contributed by atoms with Crippen molar-refractivity contribution in [1.82, 2.24) is 15.3 Å². The number of carbonyl (C=O) groups is 1. The molecular formula is C18H13F3N4O. The summed E-state index contributed by atoms with van der Waals surface area (Å²) in [6.45, 7) is 0.00792. The summed E-state index contributed by atoms with van der Waals surface area (Å²) >= 11 is 0. The van der Waals surface area contributed by atoms with E-state index in [1.165, 1.54) is 24.5 Å². The highest BCUT2D eigenvalue weighted by Gasteiger charge is 2.10. The number of benzene rings is 2. The van der Waals surface area contributed by atoms with Gasteiger partial charge in [-0.25, -0.2) is 23.1 Å². The minimum Gasteiger partial charge on any atom is -0.346 e. The number of hydrogen-bond acceptors (Lipinski definition) is 4. The van der Waals surface area contributed by atoms with E-state index in [2.05, 4.69) is 20.6 Å². The van der Waals surface area contributed by atoms with Gasteiger partial charge in [0.2, 0.25) is 0 Å². The zero-order chi connectivity index (χ0) is 18.5. The number of nitrogens with one attached hydrogen (secondary N) is 2. The van der Waals surface area contributed by atoms with Crippen LogP contribution in [0.2, 0.25) is 0 Å². The zero-order valence-electron chi connectivity index (χ0n) is 13.3. The van der Waals surface area contributed by atoms with E-state index in [1.807, 2.05) is 0 Å². The maximum Gasteiger partial charge on any atom is 0.271 e. The van der Waals surface area contributed by atoms with Gasteiger partial charge < -0.3 is 10.6 Å². The zero-order valence-corrected chi connectivity index (χ0v) is 13.3. The van der Waals surface area contributed by atoms with Crippen LogP contribution in [0.4, 0.5) is 24.7 Å². The summed E-state index contributed by atoms with van der Waals surface area (Å²) in [7, 11) is 0. The van der Waals surface area contributed by atoms with Gasteiger partial charge in [-0.3, -0.25) is 4.79 Å². The van der Waals surface area contributed by atoms with E-state index in [0.29, 0.717) is 5.56 Å². The first-order valence-corrected chi connectivity index (χ1v) is 7.58. The summed E-state index contributed by atoms with van der Waals surface area (Å²) in [5.74, 6) is -2.24. The van der Waals surface area contributed by atoms with Crippen LogP contribution in [0.3, 0.4) is 0 Å². The molecule has 0 aliphatic rings. The molecule has 0 fully saturated rings. The van der Waals surface area contributed by atoms with Crippen LogP contribution in [0.1, 0.15) is 16.1 Å². The van der Waals surface area contributed by atoms with Crippen molar-refractivity contribution in [3.05, 3.63) is 83.6 Å². The van der Waals surface area contributed by atoms with E-state index >= 15 is 0 Å². The van der Waals surface area contributed by atoms with Crippen molar-refractivity contribution in [3.63, 3.8) is 0 Å². The van der Waals surface area contributed by atoms with Gasteiger partial charge in [0.15, 0.2) is 0 Å². The third kappa shape index (κ3) is 4.15. The monoisotopic (exact) mass is 358 g/mol. The highest BCUT2D eigenvalue weighted by atomic mass is 19.1. The van der Waals surface area contributed by atoms with Crippen molar-refractivity contribution in [3.8, 4) is 0 Å². The largest absolute Gasteiger partial charge is 0.346 e. The molecule has 5 nitrogen and oxygen atoms in total. The second kappa shape index (κ2) is 7.64. The number of amides is 1. The third-order valence-electron chi connectivity index (χ3n) is 3.48. The summed E-state index contributed by atoms with van der Waals surface area (Å²) in [6.07, 6.45) is 2.43. The molecule has 1 heterocycles. The quantitative estimate of drug-likeness (QED) is 0.732. The SMILES string of the molecule is O=C(NCc1ccccc1F)c1cnc(Nc2ccc(F)cc2F)cn1. The Morgan fingerprint density at radius 1 is 0.962 bits per heavy atom. The van der Waals surface area contributed by atoms with Crippen molar-refractivity contribution in [2.24, 2.45) is 0 Å². The van der Waals surface area contributed by atoms with Crippen LogP contribution < -0.4 is 10.6 Å². The number of carbonyl (C=O) groups excluding carboxylic acids is 1. The van der Waals surface area contributed by atoms with Crippen LogP contribution in [0, 0.1) is 17.5 Å². The predicted octanol–water partition coefficient (Wildman–Crippen LogP) is 3.57. The third-order valence-corrected chi connectivity index (χ3v) is 3.48. The number of nitrogens with zero attached hydrogens (tertiary/aromatic N) is 2.